The van der Waals surface area contributed by atoms with Crippen LogP contribution >= 0.6 is 0 Å². The Morgan fingerprint density at radius 3 is 0.653 bits per heavy atom. The number of rotatable bonds is 16. The molecule has 8 aromatic rings. The first-order valence-electron chi connectivity index (χ1n) is 25.0. The Morgan fingerprint density at radius 1 is 0.278 bits per heavy atom. The van der Waals surface area contributed by atoms with Crippen LogP contribution < -0.4 is 18.9 Å². The van der Waals surface area contributed by atoms with Crippen LogP contribution in [0.2, 0.25) is 0 Å². The standard InChI is InChI=1S/C64H64O8/c1-69-61-37-57(65)49-33-53(61)45(29-25-41-17-9-5-10-18-41)50-34-54(62(70-2)38-58(50)66)47(31-27-43-21-13-7-14-22-43)52-36-56(64(72-4)40-60(52)68)48(32-28-44-23-15-8-16-24-44)51-35-55(63(71-3)39-59(51)67)46(49)30-26-42-19-11-6-12-20-42/h5-24,33-40,45-48,65-68H,25-32H2,1-4H3. The predicted molar refractivity (Wildman–Crippen MR) is 285 cm³/mol. The third-order valence-corrected chi connectivity index (χ3v) is 14.8. The molecular formula is C64H64O8. The lowest BCUT2D eigenvalue weighted by Gasteiger charge is -2.30. The van der Waals surface area contributed by atoms with Crippen LogP contribution in [0, 0.1) is 0 Å². The van der Waals surface area contributed by atoms with E-state index in [2.05, 4.69) is 72.8 Å². The van der Waals surface area contributed by atoms with Gasteiger partial charge in [0.15, 0.2) is 0 Å². The highest BCUT2D eigenvalue weighted by atomic mass is 16.5. The van der Waals surface area contributed by atoms with Crippen molar-refractivity contribution in [2.75, 3.05) is 28.4 Å². The van der Waals surface area contributed by atoms with Gasteiger partial charge in [-0.15, -0.1) is 0 Å². The fourth-order valence-corrected chi connectivity index (χ4v) is 11.1. The summed E-state index contributed by atoms with van der Waals surface area (Å²) in [6.45, 7) is 0. The normalized spacial score (nSPS) is 16.2. The van der Waals surface area contributed by atoms with Crippen molar-refractivity contribution in [3.05, 3.63) is 237 Å². The SMILES string of the molecule is COc1cc(O)c2cc1C(CCc1ccccc1)c1cc(c(OC)cc1O)C(CCc1ccccc1)c1cc(c(OC)cc1O)C(CCc1ccccc1)c1cc(c(OC)cc1O)C2CCc1ccccc1. The molecule has 0 aliphatic heterocycles. The maximum Gasteiger partial charge on any atom is 0.126 e. The van der Waals surface area contributed by atoms with Gasteiger partial charge in [0.05, 0.1) is 28.4 Å². The lowest BCUT2D eigenvalue weighted by Crippen LogP contribution is -2.14. The Bertz CT molecular complexity index is 2660. The Morgan fingerprint density at radius 2 is 0.472 bits per heavy atom. The van der Waals surface area contributed by atoms with Crippen LogP contribution in [0.4, 0.5) is 0 Å². The molecule has 0 saturated carbocycles. The van der Waals surface area contributed by atoms with Gasteiger partial charge in [-0.3, -0.25) is 0 Å². The van der Waals surface area contributed by atoms with Crippen LogP contribution in [0.1, 0.15) is 116 Å². The van der Waals surface area contributed by atoms with Crippen LogP contribution in [-0.4, -0.2) is 48.9 Å². The van der Waals surface area contributed by atoms with Crippen molar-refractivity contribution in [3.8, 4) is 46.0 Å². The number of hydrogen-bond acceptors (Lipinski definition) is 8. The molecule has 9 rings (SSSR count). The van der Waals surface area contributed by atoms with Crippen molar-refractivity contribution in [3.63, 3.8) is 0 Å². The Hall–Kier alpha value is -7.84. The van der Waals surface area contributed by atoms with Gasteiger partial charge in [-0.05, 0) is 97.9 Å². The summed E-state index contributed by atoms with van der Waals surface area (Å²) in [7, 11) is 6.44. The number of hydrogen-bond donors (Lipinski definition) is 4. The minimum atomic E-state index is -0.457. The minimum Gasteiger partial charge on any atom is -0.508 e. The molecule has 0 fully saturated rings. The number of fused-ring (bicyclic) bond motifs is 8. The highest BCUT2D eigenvalue weighted by molar-refractivity contribution is 5.63. The minimum absolute atomic E-state index is 0.0550. The summed E-state index contributed by atoms with van der Waals surface area (Å²) >= 11 is 0. The summed E-state index contributed by atoms with van der Waals surface area (Å²) < 4.78 is 24.8. The second-order valence-electron chi connectivity index (χ2n) is 18.9. The smallest absolute Gasteiger partial charge is 0.126 e. The topological polar surface area (TPSA) is 118 Å². The number of phenolic OH excluding ortho intramolecular Hbond substituents is 4. The zero-order valence-corrected chi connectivity index (χ0v) is 41.6. The van der Waals surface area contributed by atoms with Crippen LogP contribution in [0.15, 0.2) is 170 Å². The predicted octanol–water partition coefficient (Wildman–Crippen LogP) is 13.9. The van der Waals surface area contributed by atoms with Gasteiger partial charge in [-0.25, -0.2) is 0 Å². The molecule has 1 aliphatic rings. The second kappa shape index (κ2) is 22.5. The molecule has 0 saturated heterocycles. The number of phenols is 4. The molecule has 8 aromatic carbocycles. The van der Waals surface area contributed by atoms with E-state index >= 15 is 0 Å². The zero-order chi connectivity index (χ0) is 50.1. The van der Waals surface area contributed by atoms with E-state index in [1.165, 1.54) is 0 Å². The molecule has 0 aromatic heterocycles. The first kappa shape index (κ1) is 49.2. The molecule has 0 heterocycles. The largest absolute Gasteiger partial charge is 0.508 e. The number of aromatic hydroxyl groups is 4. The monoisotopic (exact) mass is 960 g/mol. The molecule has 4 N–H and O–H groups in total. The molecule has 0 spiro atoms. The number of methoxy groups -OCH3 is 4. The molecule has 1 aliphatic carbocycles. The van der Waals surface area contributed by atoms with Crippen LogP contribution in [0.3, 0.4) is 0 Å². The third kappa shape index (κ3) is 10.6. The van der Waals surface area contributed by atoms with Crippen molar-refractivity contribution >= 4 is 0 Å². The summed E-state index contributed by atoms with van der Waals surface area (Å²) in [5.74, 6) is 0.304. The van der Waals surface area contributed by atoms with Crippen LogP contribution in [0.5, 0.6) is 46.0 Å². The van der Waals surface area contributed by atoms with E-state index in [-0.39, 0.29) is 23.0 Å². The summed E-state index contributed by atoms with van der Waals surface area (Å²) in [6.07, 6.45) is 4.96. The van der Waals surface area contributed by atoms with E-state index in [9.17, 15) is 20.4 Å². The van der Waals surface area contributed by atoms with Gasteiger partial charge in [0.2, 0.25) is 0 Å². The lowest BCUT2D eigenvalue weighted by molar-refractivity contribution is 0.388. The van der Waals surface area contributed by atoms with Gasteiger partial charge < -0.3 is 39.4 Å². The van der Waals surface area contributed by atoms with E-state index in [1.54, 1.807) is 52.7 Å². The summed E-state index contributed by atoms with van der Waals surface area (Å²) in [5, 5.41) is 49.6. The highest BCUT2D eigenvalue weighted by Crippen LogP contribution is 2.53. The Labute approximate surface area is 423 Å². The van der Waals surface area contributed by atoms with Crippen molar-refractivity contribution < 1.29 is 39.4 Å². The fraction of sp³-hybridized carbons (Fsp3) is 0.250. The first-order valence-corrected chi connectivity index (χ1v) is 25.0. The molecule has 0 amide bonds. The number of ether oxygens (including phenoxy) is 4. The number of aryl methyl sites for hydroxylation is 4. The molecule has 8 nitrogen and oxygen atoms in total. The van der Waals surface area contributed by atoms with Gasteiger partial charge in [0.25, 0.3) is 0 Å². The third-order valence-electron chi connectivity index (χ3n) is 14.8. The van der Waals surface area contributed by atoms with Gasteiger partial charge in [-0.1, -0.05) is 121 Å². The second-order valence-corrected chi connectivity index (χ2v) is 18.9. The quantitative estimate of drug-likeness (QED) is 0.0756. The molecule has 4 unspecified atom stereocenters. The summed E-state index contributed by atoms with van der Waals surface area (Å²) in [4.78, 5) is 0. The van der Waals surface area contributed by atoms with E-state index < -0.39 is 23.7 Å². The number of benzene rings is 8. The highest BCUT2D eigenvalue weighted by Gasteiger charge is 2.34. The van der Waals surface area contributed by atoms with Gasteiger partial charge in [0, 0.05) is 92.4 Å². The molecule has 368 valence electrons. The molecule has 4 atom stereocenters. The molecular weight excluding hydrogens is 897 g/mol. The van der Waals surface area contributed by atoms with Crippen molar-refractivity contribution in [1.82, 2.24) is 0 Å². The van der Waals surface area contributed by atoms with Crippen molar-refractivity contribution in [2.45, 2.75) is 75.0 Å². The molecule has 0 radical (unpaired) electrons. The Kier molecular flexibility index (Phi) is 15.4. The van der Waals surface area contributed by atoms with Crippen LogP contribution in [-0.2, 0) is 25.7 Å². The average molecular weight is 961 g/mol. The first-order chi connectivity index (χ1) is 35.2. The van der Waals surface area contributed by atoms with Gasteiger partial charge in [-0.2, -0.15) is 0 Å². The van der Waals surface area contributed by atoms with E-state index in [0.29, 0.717) is 96.6 Å². The van der Waals surface area contributed by atoms with E-state index in [1.807, 2.05) is 72.8 Å². The molecule has 8 bridgehead atoms. The van der Waals surface area contributed by atoms with Gasteiger partial charge >= 0.3 is 0 Å². The maximum absolute atomic E-state index is 12.4. The van der Waals surface area contributed by atoms with Crippen molar-refractivity contribution in [1.29, 1.82) is 0 Å². The van der Waals surface area contributed by atoms with E-state index in [4.69, 9.17) is 18.9 Å². The summed E-state index contributed by atoms with van der Waals surface area (Å²) in [5.41, 5.74) is 10.3. The lowest BCUT2D eigenvalue weighted by atomic mass is 9.76. The van der Waals surface area contributed by atoms with Crippen LogP contribution in [0.25, 0.3) is 0 Å². The summed E-state index contributed by atoms with van der Waals surface area (Å²) in [6, 6.07) is 56.2. The fourth-order valence-electron chi connectivity index (χ4n) is 11.1. The van der Waals surface area contributed by atoms with Crippen molar-refractivity contribution in [2.24, 2.45) is 0 Å². The molecule has 8 heteroatoms. The molecule has 72 heavy (non-hydrogen) atoms. The average Bonchev–Trinajstić information content (AvgIpc) is 3.41. The maximum atomic E-state index is 12.4. The van der Waals surface area contributed by atoms with E-state index in [0.717, 1.165) is 44.5 Å². The zero-order valence-electron chi connectivity index (χ0n) is 41.6. The Balaban J connectivity index is 1.37. The van der Waals surface area contributed by atoms with Gasteiger partial charge in [0.1, 0.15) is 46.0 Å².